The van der Waals surface area contributed by atoms with Gasteiger partial charge in [-0.25, -0.2) is 4.79 Å². The predicted molar refractivity (Wildman–Crippen MR) is 78.5 cm³/mol. The molecule has 8 heteroatoms. The maximum Gasteiger partial charge on any atom is 0.413 e. The van der Waals surface area contributed by atoms with E-state index in [4.69, 9.17) is 4.74 Å². The van der Waals surface area contributed by atoms with E-state index in [2.05, 4.69) is 15.9 Å². The Hall–Kier alpha value is -1.28. The summed E-state index contributed by atoms with van der Waals surface area (Å²) in [5.74, 6) is 0. The first-order valence-electron chi connectivity index (χ1n) is 6.72. The van der Waals surface area contributed by atoms with Crippen molar-refractivity contribution in [1.29, 1.82) is 0 Å². The third kappa shape index (κ3) is 3.92. The largest absolute Gasteiger partial charge is 0.413 e. The zero-order chi connectivity index (χ0) is 16.3. The van der Waals surface area contributed by atoms with E-state index < -0.39 is 18.2 Å². The van der Waals surface area contributed by atoms with Gasteiger partial charge in [-0.2, -0.15) is 13.2 Å². The molecule has 1 heterocycles. The number of carbonyl (C=O) groups is 1. The minimum atomic E-state index is -4.55. The van der Waals surface area contributed by atoms with Crippen molar-refractivity contribution in [2.45, 2.75) is 12.2 Å². The summed E-state index contributed by atoms with van der Waals surface area (Å²) in [6.07, 6.45) is -4.55. The van der Waals surface area contributed by atoms with E-state index in [1.165, 1.54) is 36.2 Å². The average molecular weight is 381 g/mol. The predicted octanol–water partition coefficient (Wildman–Crippen LogP) is 3.44. The lowest BCUT2D eigenvalue weighted by Crippen LogP contribution is -2.50. The van der Waals surface area contributed by atoms with Gasteiger partial charge < -0.3 is 14.5 Å². The number of rotatable bonds is 2. The fourth-order valence-corrected chi connectivity index (χ4v) is 2.63. The van der Waals surface area contributed by atoms with E-state index >= 15 is 0 Å². The lowest BCUT2D eigenvalue weighted by Gasteiger charge is -2.36. The van der Waals surface area contributed by atoms with Crippen LogP contribution in [-0.2, 0) is 4.74 Å². The molecular weight excluding hydrogens is 365 g/mol. The molecule has 2 amide bonds. The number of urea groups is 1. The van der Waals surface area contributed by atoms with Crippen molar-refractivity contribution in [1.82, 2.24) is 9.80 Å². The third-order valence-corrected chi connectivity index (χ3v) is 4.00. The Morgan fingerprint density at radius 3 is 2.32 bits per heavy atom. The van der Waals surface area contributed by atoms with Crippen molar-refractivity contribution in [3.05, 3.63) is 34.3 Å². The Kier molecular flexibility index (Phi) is 5.33. The van der Waals surface area contributed by atoms with Crippen LogP contribution < -0.4 is 0 Å². The summed E-state index contributed by atoms with van der Waals surface area (Å²) in [5, 5.41) is 0. The SMILES string of the molecule is CN(C(=O)N1CCOCC1)C(c1ccc(Br)cc1)C(F)(F)F. The van der Waals surface area contributed by atoms with E-state index in [1.807, 2.05) is 0 Å². The molecule has 1 aromatic rings. The molecule has 0 radical (unpaired) electrons. The fraction of sp³-hybridized carbons (Fsp3) is 0.500. The number of morpholine rings is 1. The molecule has 0 aliphatic carbocycles. The quantitative estimate of drug-likeness (QED) is 0.787. The summed E-state index contributed by atoms with van der Waals surface area (Å²) >= 11 is 3.19. The third-order valence-electron chi connectivity index (χ3n) is 3.47. The maximum atomic E-state index is 13.4. The van der Waals surface area contributed by atoms with Gasteiger partial charge in [0, 0.05) is 24.6 Å². The molecule has 0 bridgehead atoms. The number of benzene rings is 1. The molecule has 1 aromatic carbocycles. The van der Waals surface area contributed by atoms with Crippen molar-refractivity contribution in [2.24, 2.45) is 0 Å². The van der Waals surface area contributed by atoms with E-state index in [1.54, 1.807) is 0 Å². The van der Waals surface area contributed by atoms with Crippen molar-refractivity contribution in [3.63, 3.8) is 0 Å². The van der Waals surface area contributed by atoms with Crippen LogP contribution >= 0.6 is 15.9 Å². The van der Waals surface area contributed by atoms with Crippen LogP contribution in [0.1, 0.15) is 11.6 Å². The normalized spacial score (nSPS) is 17.2. The fourth-order valence-electron chi connectivity index (χ4n) is 2.37. The van der Waals surface area contributed by atoms with E-state index in [9.17, 15) is 18.0 Å². The zero-order valence-corrected chi connectivity index (χ0v) is 13.5. The van der Waals surface area contributed by atoms with E-state index in [0.717, 1.165) is 4.90 Å². The first-order valence-corrected chi connectivity index (χ1v) is 7.51. The first kappa shape index (κ1) is 17.1. The average Bonchev–Trinajstić information content (AvgIpc) is 2.48. The second kappa shape index (κ2) is 6.87. The van der Waals surface area contributed by atoms with Crippen molar-refractivity contribution in [3.8, 4) is 0 Å². The number of ether oxygens (including phenoxy) is 1. The van der Waals surface area contributed by atoms with E-state index in [0.29, 0.717) is 30.8 Å². The molecular formula is C14H16BrF3N2O2. The highest BCUT2D eigenvalue weighted by Gasteiger charge is 2.46. The summed E-state index contributed by atoms with van der Waals surface area (Å²) < 4.78 is 46.1. The number of carbonyl (C=O) groups excluding carboxylic acids is 1. The lowest BCUT2D eigenvalue weighted by molar-refractivity contribution is -0.177. The minimum absolute atomic E-state index is 0.0276. The van der Waals surface area contributed by atoms with Crippen LogP contribution in [0.4, 0.5) is 18.0 Å². The molecule has 1 aliphatic heterocycles. The van der Waals surface area contributed by atoms with Gasteiger partial charge in [0.1, 0.15) is 0 Å². The van der Waals surface area contributed by atoms with Gasteiger partial charge in [-0.3, -0.25) is 0 Å². The van der Waals surface area contributed by atoms with Gasteiger partial charge in [0.05, 0.1) is 13.2 Å². The van der Waals surface area contributed by atoms with Crippen LogP contribution in [0, 0.1) is 0 Å². The summed E-state index contributed by atoms with van der Waals surface area (Å²) in [6.45, 7) is 1.28. The van der Waals surface area contributed by atoms with E-state index in [-0.39, 0.29) is 5.56 Å². The van der Waals surface area contributed by atoms with Crippen molar-refractivity contribution in [2.75, 3.05) is 33.4 Å². The number of amides is 2. The summed E-state index contributed by atoms with van der Waals surface area (Å²) in [7, 11) is 1.18. The molecule has 122 valence electrons. The van der Waals surface area contributed by atoms with Gasteiger partial charge in [0.15, 0.2) is 6.04 Å². The summed E-state index contributed by atoms with van der Waals surface area (Å²) in [6, 6.07) is 3.17. The second-order valence-corrected chi connectivity index (χ2v) is 5.90. The zero-order valence-electron chi connectivity index (χ0n) is 11.9. The molecule has 0 saturated carbocycles. The Labute approximate surface area is 135 Å². The molecule has 1 saturated heterocycles. The lowest BCUT2D eigenvalue weighted by atomic mass is 10.1. The molecule has 1 unspecified atom stereocenters. The Morgan fingerprint density at radius 2 is 1.82 bits per heavy atom. The molecule has 1 aliphatic rings. The smallest absolute Gasteiger partial charge is 0.378 e. The van der Waals surface area contributed by atoms with Gasteiger partial charge in [-0.1, -0.05) is 28.1 Å². The van der Waals surface area contributed by atoms with Crippen LogP contribution in [0.25, 0.3) is 0 Å². The van der Waals surface area contributed by atoms with Crippen LogP contribution in [-0.4, -0.2) is 55.4 Å². The Balaban J connectivity index is 2.24. The molecule has 1 atom stereocenters. The molecule has 0 N–H and O–H groups in total. The monoisotopic (exact) mass is 380 g/mol. The molecule has 0 aromatic heterocycles. The van der Waals surface area contributed by atoms with Crippen molar-refractivity contribution >= 4 is 22.0 Å². The van der Waals surface area contributed by atoms with Crippen LogP contribution in [0.5, 0.6) is 0 Å². The standard InChI is InChI=1S/C14H16BrF3N2O2/c1-19(13(21)20-6-8-22-9-7-20)12(14(16,17)18)10-2-4-11(15)5-3-10/h2-5,12H,6-9H2,1H3. The highest BCUT2D eigenvalue weighted by molar-refractivity contribution is 9.10. The Bertz CT molecular complexity index is 516. The molecule has 4 nitrogen and oxygen atoms in total. The number of alkyl halides is 3. The number of hydrogen-bond acceptors (Lipinski definition) is 2. The molecule has 1 fully saturated rings. The van der Waals surface area contributed by atoms with Crippen LogP contribution in [0.15, 0.2) is 28.7 Å². The second-order valence-electron chi connectivity index (χ2n) is 4.99. The molecule has 22 heavy (non-hydrogen) atoms. The van der Waals surface area contributed by atoms with Gasteiger partial charge in [0.2, 0.25) is 0 Å². The van der Waals surface area contributed by atoms with Crippen molar-refractivity contribution < 1.29 is 22.7 Å². The topological polar surface area (TPSA) is 32.8 Å². The van der Waals surface area contributed by atoms with Gasteiger partial charge in [-0.05, 0) is 17.7 Å². The number of nitrogens with zero attached hydrogens (tertiary/aromatic N) is 2. The van der Waals surface area contributed by atoms with Crippen LogP contribution in [0.3, 0.4) is 0 Å². The highest BCUT2D eigenvalue weighted by atomic mass is 79.9. The van der Waals surface area contributed by atoms with Gasteiger partial charge in [-0.15, -0.1) is 0 Å². The van der Waals surface area contributed by atoms with Crippen LogP contribution in [0.2, 0.25) is 0 Å². The summed E-state index contributed by atoms with van der Waals surface area (Å²) in [4.78, 5) is 14.4. The first-order chi connectivity index (χ1) is 10.3. The molecule has 2 rings (SSSR count). The Morgan fingerprint density at radius 1 is 1.27 bits per heavy atom. The minimum Gasteiger partial charge on any atom is -0.378 e. The van der Waals surface area contributed by atoms with Gasteiger partial charge >= 0.3 is 12.2 Å². The highest BCUT2D eigenvalue weighted by Crippen LogP contribution is 2.37. The number of hydrogen-bond donors (Lipinski definition) is 0. The maximum absolute atomic E-state index is 13.4. The number of halogens is 4. The van der Waals surface area contributed by atoms with Gasteiger partial charge in [0.25, 0.3) is 0 Å². The summed E-state index contributed by atoms with van der Waals surface area (Å²) in [5.41, 5.74) is 0.0276. The molecule has 0 spiro atoms.